The molecule has 0 saturated heterocycles. The molecular formula is C13H20FNO. The minimum atomic E-state index is -0.426. The lowest BCUT2D eigenvalue weighted by Gasteiger charge is -2.26. The van der Waals surface area contributed by atoms with Gasteiger partial charge in [-0.15, -0.1) is 0 Å². The van der Waals surface area contributed by atoms with Crippen LogP contribution < -0.4 is 5.73 Å². The van der Waals surface area contributed by atoms with Crippen LogP contribution in [0.4, 0.5) is 4.39 Å². The molecule has 0 amide bonds. The normalized spacial score (nSPS) is 15.2. The highest BCUT2D eigenvalue weighted by Gasteiger charge is 2.24. The summed E-state index contributed by atoms with van der Waals surface area (Å²) < 4.78 is 19.0. The van der Waals surface area contributed by atoms with Crippen molar-refractivity contribution in [1.29, 1.82) is 0 Å². The molecule has 0 bridgehead atoms. The van der Waals surface area contributed by atoms with Crippen LogP contribution >= 0.6 is 0 Å². The van der Waals surface area contributed by atoms with Crippen LogP contribution in [0, 0.1) is 18.7 Å². The molecule has 0 aliphatic rings. The van der Waals surface area contributed by atoms with Gasteiger partial charge in [-0.3, -0.25) is 0 Å². The SMILES string of the molecule is COC(C(C)C)C(N)c1cc(C)ccc1F. The van der Waals surface area contributed by atoms with Gasteiger partial charge in [0.25, 0.3) is 0 Å². The lowest BCUT2D eigenvalue weighted by Crippen LogP contribution is -2.33. The largest absolute Gasteiger partial charge is 0.379 e. The summed E-state index contributed by atoms with van der Waals surface area (Å²) in [6.07, 6.45) is -0.170. The van der Waals surface area contributed by atoms with E-state index in [9.17, 15) is 4.39 Å². The van der Waals surface area contributed by atoms with Gasteiger partial charge in [0.15, 0.2) is 0 Å². The summed E-state index contributed by atoms with van der Waals surface area (Å²) in [7, 11) is 1.61. The number of rotatable bonds is 4. The van der Waals surface area contributed by atoms with E-state index < -0.39 is 6.04 Å². The molecule has 0 spiro atoms. The van der Waals surface area contributed by atoms with Gasteiger partial charge in [-0.25, -0.2) is 4.39 Å². The molecule has 16 heavy (non-hydrogen) atoms. The Labute approximate surface area is 96.6 Å². The Morgan fingerprint density at radius 2 is 1.94 bits per heavy atom. The maximum atomic E-state index is 13.6. The second-order valence-corrected chi connectivity index (χ2v) is 4.50. The van der Waals surface area contributed by atoms with Gasteiger partial charge in [0.05, 0.1) is 12.1 Å². The molecule has 0 aliphatic heterocycles. The van der Waals surface area contributed by atoms with E-state index in [1.807, 2.05) is 20.8 Å². The molecule has 2 nitrogen and oxygen atoms in total. The minimum absolute atomic E-state index is 0.170. The van der Waals surface area contributed by atoms with E-state index in [2.05, 4.69) is 0 Å². The van der Waals surface area contributed by atoms with Crippen LogP contribution in [0.2, 0.25) is 0 Å². The minimum Gasteiger partial charge on any atom is -0.379 e. The summed E-state index contributed by atoms with van der Waals surface area (Å²) in [5, 5.41) is 0. The molecule has 2 atom stereocenters. The summed E-state index contributed by atoms with van der Waals surface area (Å²) in [5.74, 6) is -0.0132. The summed E-state index contributed by atoms with van der Waals surface area (Å²) in [6, 6.07) is 4.55. The van der Waals surface area contributed by atoms with Gasteiger partial charge in [-0.05, 0) is 18.9 Å². The van der Waals surface area contributed by atoms with Crippen LogP contribution in [0.1, 0.15) is 31.0 Å². The van der Waals surface area contributed by atoms with Gasteiger partial charge in [-0.2, -0.15) is 0 Å². The molecule has 1 rings (SSSR count). The molecule has 1 aromatic carbocycles. The van der Waals surface area contributed by atoms with Crippen molar-refractivity contribution in [2.24, 2.45) is 11.7 Å². The highest BCUT2D eigenvalue weighted by Crippen LogP contribution is 2.25. The van der Waals surface area contributed by atoms with Crippen LogP contribution in [-0.4, -0.2) is 13.2 Å². The molecule has 3 heteroatoms. The fraction of sp³-hybridized carbons (Fsp3) is 0.538. The van der Waals surface area contributed by atoms with Gasteiger partial charge in [0.2, 0.25) is 0 Å². The molecule has 0 heterocycles. The van der Waals surface area contributed by atoms with Crippen LogP contribution in [0.5, 0.6) is 0 Å². The van der Waals surface area contributed by atoms with Gasteiger partial charge in [0.1, 0.15) is 5.82 Å². The first-order chi connectivity index (χ1) is 7.47. The van der Waals surface area contributed by atoms with E-state index in [-0.39, 0.29) is 17.8 Å². The second kappa shape index (κ2) is 5.41. The Bertz CT molecular complexity index is 352. The van der Waals surface area contributed by atoms with Crippen molar-refractivity contribution in [1.82, 2.24) is 0 Å². The third-order valence-corrected chi connectivity index (χ3v) is 2.79. The van der Waals surface area contributed by atoms with Gasteiger partial charge in [-0.1, -0.05) is 31.5 Å². The zero-order chi connectivity index (χ0) is 12.3. The molecule has 0 saturated carbocycles. The predicted octanol–water partition coefficient (Wildman–Crippen LogP) is 2.80. The first kappa shape index (κ1) is 13.1. The maximum absolute atomic E-state index is 13.6. The third kappa shape index (κ3) is 2.80. The Balaban J connectivity index is 3.02. The summed E-state index contributed by atoms with van der Waals surface area (Å²) >= 11 is 0. The fourth-order valence-corrected chi connectivity index (χ4v) is 1.93. The molecule has 1 aromatic rings. The topological polar surface area (TPSA) is 35.2 Å². The standard InChI is InChI=1S/C13H20FNO/c1-8(2)13(16-4)12(15)10-7-9(3)5-6-11(10)14/h5-8,12-13H,15H2,1-4H3. The monoisotopic (exact) mass is 225 g/mol. The predicted molar refractivity (Wildman–Crippen MR) is 63.7 cm³/mol. The smallest absolute Gasteiger partial charge is 0.128 e. The first-order valence-corrected chi connectivity index (χ1v) is 5.51. The quantitative estimate of drug-likeness (QED) is 0.855. The van der Waals surface area contributed by atoms with Crippen molar-refractivity contribution < 1.29 is 9.13 Å². The van der Waals surface area contributed by atoms with E-state index in [0.717, 1.165) is 5.56 Å². The average Bonchev–Trinajstić information content (AvgIpc) is 2.22. The van der Waals surface area contributed by atoms with E-state index in [4.69, 9.17) is 10.5 Å². The van der Waals surface area contributed by atoms with E-state index in [0.29, 0.717) is 5.56 Å². The van der Waals surface area contributed by atoms with Gasteiger partial charge >= 0.3 is 0 Å². The van der Waals surface area contributed by atoms with Crippen LogP contribution in [-0.2, 0) is 4.74 Å². The van der Waals surface area contributed by atoms with Crippen molar-refractivity contribution >= 4 is 0 Å². The number of aryl methyl sites for hydroxylation is 1. The second-order valence-electron chi connectivity index (χ2n) is 4.50. The number of hydrogen-bond acceptors (Lipinski definition) is 2. The lowest BCUT2D eigenvalue weighted by atomic mass is 9.93. The molecule has 90 valence electrons. The fourth-order valence-electron chi connectivity index (χ4n) is 1.93. The van der Waals surface area contributed by atoms with Gasteiger partial charge in [0, 0.05) is 12.7 Å². The summed E-state index contributed by atoms with van der Waals surface area (Å²) in [6.45, 7) is 5.95. The number of halogens is 1. The molecule has 2 N–H and O–H groups in total. The lowest BCUT2D eigenvalue weighted by molar-refractivity contribution is 0.0428. The van der Waals surface area contributed by atoms with E-state index in [1.54, 1.807) is 19.2 Å². The number of hydrogen-bond donors (Lipinski definition) is 1. The maximum Gasteiger partial charge on any atom is 0.128 e. The highest BCUT2D eigenvalue weighted by molar-refractivity contribution is 5.27. The number of methoxy groups -OCH3 is 1. The van der Waals surface area contributed by atoms with Crippen LogP contribution in [0.15, 0.2) is 18.2 Å². The zero-order valence-corrected chi connectivity index (χ0v) is 10.3. The number of ether oxygens (including phenoxy) is 1. The molecule has 0 radical (unpaired) electrons. The highest BCUT2D eigenvalue weighted by atomic mass is 19.1. The third-order valence-electron chi connectivity index (χ3n) is 2.79. The van der Waals surface area contributed by atoms with Crippen LogP contribution in [0.3, 0.4) is 0 Å². The van der Waals surface area contributed by atoms with Crippen molar-refractivity contribution in [3.05, 3.63) is 35.1 Å². The van der Waals surface area contributed by atoms with E-state index >= 15 is 0 Å². The molecule has 0 aliphatic carbocycles. The summed E-state index contributed by atoms with van der Waals surface area (Å²) in [4.78, 5) is 0. The Morgan fingerprint density at radius 1 is 1.31 bits per heavy atom. The molecule has 0 aromatic heterocycles. The van der Waals surface area contributed by atoms with Crippen molar-refractivity contribution in [2.75, 3.05) is 7.11 Å². The molecular weight excluding hydrogens is 205 g/mol. The first-order valence-electron chi connectivity index (χ1n) is 5.51. The van der Waals surface area contributed by atoms with Crippen molar-refractivity contribution in [3.8, 4) is 0 Å². The number of benzene rings is 1. The molecule has 0 fully saturated rings. The van der Waals surface area contributed by atoms with E-state index in [1.165, 1.54) is 6.07 Å². The number of nitrogens with two attached hydrogens (primary N) is 1. The van der Waals surface area contributed by atoms with Crippen molar-refractivity contribution in [2.45, 2.75) is 32.9 Å². The Kier molecular flexibility index (Phi) is 4.44. The van der Waals surface area contributed by atoms with Crippen molar-refractivity contribution in [3.63, 3.8) is 0 Å². The zero-order valence-electron chi connectivity index (χ0n) is 10.3. The Morgan fingerprint density at radius 3 is 2.44 bits per heavy atom. The van der Waals surface area contributed by atoms with Crippen LogP contribution in [0.25, 0.3) is 0 Å². The van der Waals surface area contributed by atoms with Gasteiger partial charge < -0.3 is 10.5 Å². The summed E-state index contributed by atoms with van der Waals surface area (Å²) in [5.41, 5.74) is 7.59. The molecule has 2 unspecified atom stereocenters. The average molecular weight is 225 g/mol. The Hall–Kier alpha value is -0.930.